The Hall–Kier alpha value is -2.25. The first-order valence-corrected chi connectivity index (χ1v) is 8.63. The highest BCUT2D eigenvalue weighted by atomic mass is 16.5. The molecule has 1 aliphatic rings. The second kappa shape index (κ2) is 8.22. The number of hydrogen-bond donors (Lipinski definition) is 2. The topological polar surface area (TPSA) is 103 Å². The first-order chi connectivity index (χ1) is 12.1. The smallest absolute Gasteiger partial charge is 0.248 e. The van der Waals surface area contributed by atoms with Crippen LogP contribution in [0, 0.1) is 5.92 Å². The number of nitrogens with zero attached hydrogens (tertiary/aromatic N) is 2. The van der Waals surface area contributed by atoms with E-state index in [-0.39, 0.29) is 17.9 Å². The Balaban J connectivity index is 1.55. The summed E-state index contributed by atoms with van der Waals surface area (Å²) in [6.45, 7) is 3.13. The van der Waals surface area contributed by atoms with Crippen LogP contribution in [0.3, 0.4) is 0 Å². The molecule has 1 aromatic carbocycles. The highest BCUT2D eigenvalue weighted by molar-refractivity contribution is 5.82. The second-order valence-electron chi connectivity index (χ2n) is 6.42. The average molecular weight is 344 g/mol. The molecule has 2 atom stereocenters. The predicted octanol–water partition coefficient (Wildman–Crippen LogP) is 1.59. The van der Waals surface area contributed by atoms with Crippen LogP contribution >= 0.6 is 0 Å². The number of nitrogens with one attached hydrogen (secondary N) is 1. The maximum Gasteiger partial charge on any atom is 0.248 e. The molecule has 2 heterocycles. The third-order valence-corrected chi connectivity index (χ3v) is 4.49. The summed E-state index contributed by atoms with van der Waals surface area (Å²) in [6.07, 6.45) is 2.21. The average Bonchev–Trinajstić information content (AvgIpc) is 3.11. The summed E-state index contributed by atoms with van der Waals surface area (Å²) in [7, 11) is 0. The summed E-state index contributed by atoms with van der Waals surface area (Å²) in [5.41, 5.74) is 7.20. The van der Waals surface area contributed by atoms with Crippen LogP contribution in [0.2, 0.25) is 0 Å². The number of amides is 1. The lowest BCUT2D eigenvalue weighted by Gasteiger charge is -2.27. The summed E-state index contributed by atoms with van der Waals surface area (Å²) in [4.78, 5) is 16.7. The van der Waals surface area contributed by atoms with E-state index >= 15 is 0 Å². The van der Waals surface area contributed by atoms with E-state index in [1.807, 2.05) is 37.3 Å². The fourth-order valence-corrected chi connectivity index (χ4v) is 2.95. The Morgan fingerprint density at radius 1 is 1.32 bits per heavy atom. The van der Waals surface area contributed by atoms with Gasteiger partial charge in [-0.25, -0.2) is 0 Å². The van der Waals surface area contributed by atoms with E-state index in [2.05, 4.69) is 15.5 Å². The number of hydrogen-bond acceptors (Lipinski definition) is 6. The molecule has 1 saturated heterocycles. The number of ether oxygens (including phenoxy) is 1. The Bertz CT molecular complexity index is 683. The van der Waals surface area contributed by atoms with Crippen molar-refractivity contribution in [2.75, 3.05) is 13.2 Å². The summed E-state index contributed by atoms with van der Waals surface area (Å²) in [5.74, 6) is 0.939. The van der Waals surface area contributed by atoms with Gasteiger partial charge in [0, 0.05) is 19.6 Å². The van der Waals surface area contributed by atoms with Crippen LogP contribution in [0.5, 0.6) is 0 Å². The monoisotopic (exact) mass is 344 g/mol. The van der Waals surface area contributed by atoms with Gasteiger partial charge in [0.15, 0.2) is 5.82 Å². The zero-order chi connectivity index (χ0) is 17.6. The van der Waals surface area contributed by atoms with Crippen LogP contribution in [0.1, 0.15) is 43.1 Å². The molecule has 0 bridgehead atoms. The number of aromatic nitrogens is 2. The lowest BCUT2D eigenvalue weighted by Crippen LogP contribution is -2.47. The Morgan fingerprint density at radius 2 is 2.04 bits per heavy atom. The van der Waals surface area contributed by atoms with Gasteiger partial charge in [-0.2, -0.15) is 4.98 Å². The van der Waals surface area contributed by atoms with Crippen LogP contribution in [0.25, 0.3) is 0 Å². The normalized spacial score (nSPS) is 17.8. The first-order valence-electron chi connectivity index (χ1n) is 8.63. The molecule has 0 saturated carbocycles. The fourth-order valence-electron chi connectivity index (χ4n) is 2.95. The first kappa shape index (κ1) is 17.6. The van der Waals surface area contributed by atoms with Gasteiger partial charge in [-0.05, 0) is 31.2 Å². The van der Waals surface area contributed by atoms with E-state index in [4.69, 9.17) is 15.0 Å². The minimum Gasteiger partial charge on any atom is -0.381 e. The molecule has 1 fully saturated rings. The van der Waals surface area contributed by atoms with Crippen LogP contribution in [-0.4, -0.2) is 35.3 Å². The molecule has 25 heavy (non-hydrogen) atoms. The SMILES string of the molecule is CC(NC(=O)C(N)C1CCOCC1)c1nc(Cc2ccccc2)no1. The maximum atomic E-state index is 12.4. The van der Waals surface area contributed by atoms with Crippen molar-refractivity contribution >= 4 is 5.91 Å². The molecule has 7 heteroatoms. The molecule has 2 unspecified atom stereocenters. The van der Waals surface area contributed by atoms with Crippen molar-refractivity contribution in [1.82, 2.24) is 15.5 Å². The van der Waals surface area contributed by atoms with E-state index in [1.165, 1.54) is 0 Å². The Labute approximate surface area is 146 Å². The lowest BCUT2D eigenvalue weighted by molar-refractivity contribution is -0.125. The molecular weight excluding hydrogens is 320 g/mol. The molecule has 3 rings (SSSR count). The van der Waals surface area contributed by atoms with Gasteiger partial charge in [0.05, 0.1) is 6.04 Å². The molecule has 1 amide bonds. The van der Waals surface area contributed by atoms with Crippen molar-refractivity contribution in [3.8, 4) is 0 Å². The largest absolute Gasteiger partial charge is 0.381 e. The van der Waals surface area contributed by atoms with Crippen LogP contribution in [-0.2, 0) is 16.0 Å². The highest BCUT2D eigenvalue weighted by Gasteiger charge is 2.28. The number of carbonyl (C=O) groups excluding carboxylic acids is 1. The minimum absolute atomic E-state index is 0.150. The molecule has 2 aromatic rings. The fraction of sp³-hybridized carbons (Fsp3) is 0.500. The second-order valence-corrected chi connectivity index (χ2v) is 6.42. The maximum absolute atomic E-state index is 12.4. The van der Waals surface area contributed by atoms with Gasteiger partial charge in [0.2, 0.25) is 11.8 Å². The van der Waals surface area contributed by atoms with E-state index in [0.717, 1.165) is 18.4 Å². The van der Waals surface area contributed by atoms with Crippen molar-refractivity contribution in [1.29, 1.82) is 0 Å². The van der Waals surface area contributed by atoms with Crippen LogP contribution in [0.4, 0.5) is 0 Å². The number of nitrogens with two attached hydrogens (primary N) is 1. The van der Waals surface area contributed by atoms with Crippen molar-refractivity contribution in [2.45, 2.75) is 38.3 Å². The lowest BCUT2D eigenvalue weighted by atomic mass is 9.92. The highest BCUT2D eigenvalue weighted by Crippen LogP contribution is 2.19. The summed E-state index contributed by atoms with van der Waals surface area (Å²) < 4.78 is 10.6. The Morgan fingerprint density at radius 3 is 2.76 bits per heavy atom. The van der Waals surface area contributed by atoms with Gasteiger partial charge in [-0.1, -0.05) is 35.5 Å². The molecular formula is C18H24N4O3. The van der Waals surface area contributed by atoms with Crippen LogP contribution < -0.4 is 11.1 Å². The van der Waals surface area contributed by atoms with E-state index < -0.39 is 6.04 Å². The molecule has 1 aromatic heterocycles. The van der Waals surface area contributed by atoms with Crippen molar-refractivity contribution in [3.05, 3.63) is 47.6 Å². The van der Waals surface area contributed by atoms with Gasteiger partial charge in [-0.15, -0.1) is 0 Å². The molecule has 0 aliphatic carbocycles. The summed E-state index contributed by atoms with van der Waals surface area (Å²) in [5, 5.41) is 6.86. The third kappa shape index (κ3) is 4.64. The number of rotatable bonds is 6. The third-order valence-electron chi connectivity index (χ3n) is 4.49. The van der Waals surface area contributed by atoms with Gasteiger partial charge in [0.25, 0.3) is 0 Å². The zero-order valence-electron chi connectivity index (χ0n) is 14.4. The van der Waals surface area contributed by atoms with Crippen molar-refractivity contribution in [2.24, 2.45) is 11.7 Å². The molecule has 7 nitrogen and oxygen atoms in total. The standard InChI is InChI=1S/C18H24N4O3/c1-12(20-17(23)16(19)14-7-9-24-10-8-14)18-21-15(22-25-18)11-13-5-3-2-4-6-13/h2-6,12,14,16H,7-11,19H2,1H3,(H,20,23). The van der Waals surface area contributed by atoms with Gasteiger partial charge < -0.3 is 20.3 Å². The Kier molecular flexibility index (Phi) is 5.78. The number of carbonyl (C=O) groups is 1. The quantitative estimate of drug-likeness (QED) is 0.825. The summed E-state index contributed by atoms with van der Waals surface area (Å²) >= 11 is 0. The molecule has 3 N–H and O–H groups in total. The molecule has 0 spiro atoms. The van der Waals surface area contributed by atoms with Gasteiger partial charge in [0.1, 0.15) is 6.04 Å². The predicted molar refractivity (Wildman–Crippen MR) is 91.6 cm³/mol. The van der Waals surface area contributed by atoms with Crippen molar-refractivity contribution in [3.63, 3.8) is 0 Å². The number of benzene rings is 1. The molecule has 0 radical (unpaired) electrons. The summed E-state index contributed by atoms with van der Waals surface area (Å²) in [6, 6.07) is 8.99. The molecule has 1 aliphatic heterocycles. The minimum atomic E-state index is -0.543. The van der Waals surface area contributed by atoms with E-state index in [1.54, 1.807) is 0 Å². The zero-order valence-corrected chi connectivity index (χ0v) is 14.4. The van der Waals surface area contributed by atoms with Crippen molar-refractivity contribution < 1.29 is 14.1 Å². The van der Waals surface area contributed by atoms with E-state index in [0.29, 0.717) is 31.3 Å². The van der Waals surface area contributed by atoms with Crippen LogP contribution in [0.15, 0.2) is 34.9 Å². The van der Waals surface area contributed by atoms with E-state index in [9.17, 15) is 4.79 Å². The molecule has 134 valence electrons. The van der Waals surface area contributed by atoms with Gasteiger partial charge >= 0.3 is 0 Å². The van der Waals surface area contributed by atoms with Gasteiger partial charge in [-0.3, -0.25) is 4.79 Å².